The Labute approximate surface area is 156 Å². The van der Waals surface area contributed by atoms with Crippen molar-refractivity contribution in [2.45, 2.75) is 25.3 Å². The summed E-state index contributed by atoms with van der Waals surface area (Å²) in [5.74, 6) is 1.70. The van der Waals surface area contributed by atoms with Crippen LogP contribution < -0.4 is 20.7 Å². The number of aromatic nitrogens is 2. The summed E-state index contributed by atoms with van der Waals surface area (Å²) in [7, 11) is 3.25. The Morgan fingerprint density at radius 1 is 1.22 bits per heavy atom. The molecule has 1 aromatic carbocycles. The molecule has 0 saturated carbocycles. The molecule has 1 fully saturated rings. The molecule has 2 heterocycles. The van der Waals surface area contributed by atoms with Gasteiger partial charge in [-0.25, -0.2) is 4.79 Å². The fourth-order valence-electron chi connectivity index (χ4n) is 3.39. The van der Waals surface area contributed by atoms with Crippen LogP contribution in [-0.4, -0.2) is 47.7 Å². The number of carbonyl (C=O) groups is 1. The molecule has 2 aromatic rings. The van der Waals surface area contributed by atoms with E-state index in [0.29, 0.717) is 13.1 Å². The van der Waals surface area contributed by atoms with Gasteiger partial charge in [-0.05, 0) is 24.6 Å². The Morgan fingerprint density at radius 3 is 2.74 bits per heavy atom. The molecule has 0 aliphatic carbocycles. The smallest absolute Gasteiger partial charge is 0.328 e. The second kappa shape index (κ2) is 8.11. The second-order valence-electron chi connectivity index (χ2n) is 6.49. The Bertz CT molecular complexity index is 933. The molecule has 0 spiro atoms. The van der Waals surface area contributed by atoms with Crippen LogP contribution in [0.25, 0.3) is 0 Å². The Hall–Kier alpha value is -3.03. The van der Waals surface area contributed by atoms with Crippen molar-refractivity contribution >= 4 is 5.91 Å². The maximum Gasteiger partial charge on any atom is 0.328 e. The van der Waals surface area contributed by atoms with Crippen LogP contribution in [0.1, 0.15) is 24.3 Å². The number of nitrogens with zero attached hydrogens (tertiary/aromatic N) is 2. The van der Waals surface area contributed by atoms with Crippen LogP contribution in [0.5, 0.6) is 11.5 Å². The summed E-state index contributed by atoms with van der Waals surface area (Å²) in [5.41, 5.74) is 0.0805. The molecule has 1 amide bonds. The van der Waals surface area contributed by atoms with Gasteiger partial charge < -0.3 is 18.9 Å². The highest BCUT2D eigenvalue weighted by Gasteiger charge is 2.29. The van der Waals surface area contributed by atoms with Gasteiger partial charge >= 0.3 is 5.69 Å². The molecule has 0 unspecified atom stereocenters. The summed E-state index contributed by atoms with van der Waals surface area (Å²) in [6.45, 7) is 1.49. The Balaban J connectivity index is 1.64. The lowest BCUT2D eigenvalue weighted by atomic mass is 9.97. The molecule has 1 atom stereocenters. The van der Waals surface area contributed by atoms with E-state index in [0.717, 1.165) is 23.5 Å². The van der Waals surface area contributed by atoms with Crippen molar-refractivity contribution in [1.29, 1.82) is 0 Å². The summed E-state index contributed by atoms with van der Waals surface area (Å²) in [5, 5.41) is 0. The van der Waals surface area contributed by atoms with Crippen molar-refractivity contribution in [3.8, 4) is 11.5 Å². The van der Waals surface area contributed by atoms with Crippen LogP contribution >= 0.6 is 0 Å². The van der Waals surface area contributed by atoms with E-state index < -0.39 is 11.2 Å². The molecule has 8 heteroatoms. The number of hydrogen-bond donors (Lipinski definition) is 1. The molecule has 1 aliphatic rings. The van der Waals surface area contributed by atoms with Crippen LogP contribution in [0, 0.1) is 0 Å². The Kier molecular flexibility index (Phi) is 5.63. The molecule has 1 saturated heterocycles. The molecule has 1 N–H and O–H groups in total. The van der Waals surface area contributed by atoms with Crippen molar-refractivity contribution in [2.24, 2.45) is 0 Å². The minimum atomic E-state index is -0.504. The highest BCUT2D eigenvalue weighted by molar-refractivity contribution is 5.76. The molecule has 3 rings (SSSR count). The first-order valence-electron chi connectivity index (χ1n) is 8.81. The minimum Gasteiger partial charge on any atom is -0.497 e. The van der Waals surface area contributed by atoms with E-state index in [2.05, 4.69) is 4.98 Å². The van der Waals surface area contributed by atoms with Crippen molar-refractivity contribution in [2.75, 3.05) is 27.3 Å². The van der Waals surface area contributed by atoms with E-state index in [1.165, 1.54) is 16.8 Å². The molecule has 1 aliphatic heterocycles. The van der Waals surface area contributed by atoms with Crippen molar-refractivity contribution in [1.82, 2.24) is 14.5 Å². The van der Waals surface area contributed by atoms with Gasteiger partial charge in [-0.15, -0.1) is 0 Å². The monoisotopic (exact) mass is 373 g/mol. The molecule has 27 heavy (non-hydrogen) atoms. The normalized spacial score (nSPS) is 16.4. The summed E-state index contributed by atoms with van der Waals surface area (Å²) in [6.07, 6.45) is 2.45. The lowest BCUT2D eigenvalue weighted by molar-refractivity contribution is -0.130. The number of aromatic amines is 1. The number of hydrogen-bond acceptors (Lipinski definition) is 5. The number of nitrogens with one attached hydrogen (secondary N) is 1. The molecule has 144 valence electrons. The quantitative estimate of drug-likeness (QED) is 0.814. The van der Waals surface area contributed by atoms with E-state index in [1.807, 2.05) is 18.2 Å². The predicted octanol–water partition coefficient (Wildman–Crippen LogP) is 0.960. The summed E-state index contributed by atoms with van der Waals surface area (Å²) >= 11 is 0. The largest absolute Gasteiger partial charge is 0.497 e. The van der Waals surface area contributed by atoms with Crippen molar-refractivity contribution in [3.05, 3.63) is 56.9 Å². The number of benzene rings is 1. The average Bonchev–Trinajstić information content (AvgIpc) is 3.16. The summed E-state index contributed by atoms with van der Waals surface area (Å²) in [4.78, 5) is 39.3. The third-order valence-corrected chi connectivity index (χ3v) is 4.88. The maximum absolute atomic E-state index is 12.5. The summed E-state index contributed by atoms with van der Waals surface area (Å²) < 4.78 is 12.1. The zero-order chi connectivity index (χ0) is 19.4. The molecule has 8 nitrogen and oxygen atoms in total. The number of carbonyl (C=O) groups excluding carboxylic acids is 1. The third-order valence-electron chi connectivity index (χ3n) is 4.88. The zero-order valence-electron chi connectivity index (χ0n) is 15.4. The highest BCUT2D eigenvalue weighted by Crippen LogP contribution is 2.36. The first-order chi connectivity index (χ1) is 13.0. The van der Waals surface area contributed by atoms with Gasteiger partial charge in [0.05, 0.1) is 14.2 Å². The standard InChI is InChI=1S/C19H23N3O5/c1-26-14-3-4-16(27-2)15(11-14)13-5-8-22(12-13)18(24)7-10-21-9-6-17(23)20-19(21)25/h3-4,6,9,11,13H,5,7-8,10,12H2,1-2H3,(H,20,23,25)/t13-/m0/s1. The van der Waals surface area contributed by atoms with E-state index in [-0.39, 0.29) is 24.8 Å². The van der Waals surface area contributed by atoms with Crippen LogP contribution in [0.2, 0.25) is 0 Å². The lowest BCUT2D eigenvalue weighted by Crippen LogP contribution is -2.32. The highest BCUT2D eigenvalue weighted by atomic mass is 16.5. The zero-order valence-corrected chi connectivity index (χ0v) is 15.4. The van der Waals surface area contributed by atoms with E-state index in [1.54, 1.807) is 19.1 Å². The number of aryl methyl sites for hydroxylation is 1. The molecular weight excluding hydrogens is 350 g/mol. The summed E-state index contributed by atoms with van der Waals surface area (Å²) in [6, 6.07) is 6.95. The number of methoxy groups -OCH3 is 2. The Morgan fingerprint density at radius 2 is 2.04 bits per heavy atom. The van der Waals surface area contributed by atoms with Crippen molar-refractivity contribution in [3.63, 3.8) is 0 Å². The van der Waals surface area contributed by atoms with Crippen molar-refractivity contribution < 1.29 is 14.3 Å². The molecule has 0 bridgehead atoms. The fourth-order valence-corrected chi connectivity index (χ4v) is 3.39. The van der Waals surface area contributed by atoms with Gasteiger partial charge in [-0.2, -0.15) is 0 Å². The van der Waals surface area contributed by atoms with Gasteiger partial charge in [0.15, 0.2) is 0 Å². The van der Waals surface area contributed by atoms with E-state index in [4.69, 9.17) is 9.47 Å². The minimum absolute atomic E-state index is 0.0162. The number of likely N-dealkylation sites (tertiary alicyclic amines) is 1. The van der Waals surface area contributed by atoms with Gasteiger partial charge in [0.25, 0.3) is 5.56 Å². The first kappa shape index (κ1) is 18.8. The van der Waals surface area contributed by atoms with Crippen LogP contribution in [0.4, 0.5) is 0 Å². The molecule has 0 radical (unpaired) electrons. The maximum atomic E-state index is 12.5. The van der Waals surface area contributed by atoms with E-state index >= 15 is 0 Å². The number of rotatable bonds is 6. The van der Waals surface area contributed by atoms with Gasteiger partial charge in [0.1, 0.15) is 11.5 Å². The average molecular weight is 373 g/mol. The molecular formula is C19H23N3O5. The fraction of sp³-hybridized carbons (Fsp3) is 0.421. The molecule has 1 aromatic heterocycles. The van der Waals surface area contributed by atoms with Gasteiger partial charge in [-0.3, -0.25) is 14.6 Å². The van der Waals surface area contributed by atoms with Crippen LogP contribution in [-0.2, 0) is 11.3 Å². The van der Waals surface area contributed by atoms with Gasteiger partial charge in [0, 0.05) is 49.8 Å². The first-order valence-corrected chi connectivity index (χ1v) is 8.81. The lowest BCUT2D eigenvalue weighted by Gasteiger charge is -2.18. The van der Waals surface area contributed by atoms with Gasteiger partial charge in [0.2, 0.25) is 5.91 Å². The topological polar surface area (TPSA) is 93.6 Å². The van der Waals surface area contributed by atoms with Crippen LogP contribution in [0.15, 0.2) is 40.1 Å². The second-order valence-corrected chi connectivity index (χ2v) is 6.49. The number of amides is 1. The van der Waals surface area contributed by atoms with E-state index in [9.17, 15) is 14.4 Å². The number of H-pyrrole nitrogens is 1. The van der Waals surface area contributed by atoms with Crippen LogP contribution in [0.3, 0.4) is 0 Å². The van der Waals surface area contributed by atoms with Gasteiger partial charge in [-0.1, -0.05) is 0 Å². The predicted molar refractivity (Wildman–Crippen MR) is 99.4 cm³/mol. The SMILES string of the molecule is COc1ccc(OC)c([C@H]2CCN(C(=O)CCn3ccc(=O)[nH]c3=O)C2)c1. The number of ether oxygens (including phenoxy) is 2. The third kappa shape index (κ3) is 4.21.